The molecule has 0 fully saturated rings. The van der Waals surface area contributed by atoms with Gasteiger partial charge in [0.05, 0.1) is 12.2 Å². The summed E-state index contributed by atoms with van der Waals surface area (Å²) in [5.74, 6) is 0.299. The van der Waals surface area contributed by atoms with E-state index in [1.165, 1.54) is 12.1 Å². The van der Waals surface area contributed by atoms with Crippen LogP contribution in [0.25, 0.3) is 11.4 Å². The monoisotopic (exact) mass is 353 g/mol. The van der Waals surface area contributed by atoms with Gasteiger partial charge in [-0.1, -0.05) is 12.1 Å². The fourth-order valence-corrected chi connectivity index (χ4v) is 2.11. The summed E-state index contributed by atoms with van der Waals surface area (Å²) in [7, 11) is 0. The van der Waals surface area contributed by atoms with Crippen LogP contribution < -0.4 is 5.32 Å². The summed E-state index contributed by atoms with van der Waals surface area (Å²) >= 11 is 0. The van der Waals surface area contributed by atoms with E-state index in [4.69, 9.17) is 4.74 Å². The Morgan fingerprint density at radius 2 is 1.80 bits per heavy atom. The first-order chi connectivity index (χ1) is 11.7. The van der Waals surface area contributed by atoms with E-state index in [0.717, 1.165) is 17.7 Å². The van der Waals surface area contributed by atoms with Crippen molar-refractivity contribution in [1.29, 1.82) is 0 Å². The maximum absolute atomic E-state index is 12.7. The maximum Gasteiger partial charge on any atom is 0.416 e. The number of anilines is 1. The highest BCUT2D eigenvalue weighted by atomic mass is 19.4. The average Bonchev–Trinajstić information content (AvgIpc) is 2.55. The molecule has 1 aromatic heterocycles. The molecule has 5 nitrogen and oxygen atoms in total. The van der Waals surface area contributed by atoms with Crippen LogP contribution in [0, 0.1) is 13.8 Å². The minimum Gasteiger partial charge on any atom is -0.465 e. The highest BCUT2D eigenvalue weighted by Gasteiger charge is 2.30. The molecule has 0 amide bonds. The molecule has 0 saturated heterocycles. The molecule has 0 aliphatic rings. The molecule has 2 rings (SSSR count). The van der Waals surface area contributed by atoms with Crippen LogP contribution in [0.2, 0.25) is 0 Å². The Balaban J connectivity index is 2.28. The van der Waals surface area contributed by atoms with Gasteiger partial charge < -0.3 is 10.1 Å². The molecule has 2 aromatic rings. The number of benzene rings is 1. The van der Waals surface area contributed by atoms with Gasteiger partial charge in [0, 0.05) is 16.8 Å². The largest absolute Gasteiger partial charge is 0.465 e. The van der Waals surface area contributed by atoms with Crippen LogP contribution in [-0.4, -0.2) is 29.1 Å². The van der Waals surface area contributed by atoms with Gasteiger partial charge in [0.15, 0.2) is 5.82 Å². The summed E-state index contributed by atoms with van der Waals surface area (Å²) in [6.45, 7) is 5.48. The molecule has 1 N–H and O–H groups in total. The second-order valence-corrected chi connectivity index (χ2v) is 5.34. The molecule has 0 aliphatic carbocycles. The quantitative estimate of drug-likeness (QED) is 0.830. The number of halogens is 3. The summed E-state index contributed by atoms with van der Waals surface area (Å²) < 4.78 is 42.8. The fourth-order valence-electron chi connectivity index (χ4n) is 2.11. The molecule has 25 heavy (non-hydrogen) atoms. The van der Waals surface area contributed by atoms with E-state index >= 15 is 0 Å². The van der Waals surface area contributed by atoms with Crippen molar-refractivity contribution in [2.75, 3.05) is 18.5 Å². The van der Waals surface area contributed by atoms with Crippen LogP contribution >= 0.6 is 0 Å². The lowest BCUT2D eigenvalue weighted by molar-refractivity contribution is -0.141. The van der Waals surface area contributed by atoms with Gasteiger partial charge in [0.2, 0.25) is 0 Å². The van der Waals surface area contributed by atoms with Crippen LogP contribution in [0.4, 0.5) is 19.0 Å². The first-order valence-electron chi connectivity index (χ1n) is 7.64. The van der Waals surface area contributed by atoms with Crippen molar-refractivity contribution in [2.24, 2.45) is 0 Å². The van der Waals surface area contributed by atoms with Gasteiger partial charge in [0.1, 0.15) is 12.4 Å². The van der Waals surface area contributed by atoms with E-state index in [0.29, 0.717) is 17.1 Å². The summed E-state index contributed by atoms with van der Waals surface area (Å²) in [6, 6.07) is 4.61. The van der Waals surface area contributed by atoms with Gasteiger partial charge in [-0.05, 0) is 32.9 Å². The number of carbonyl (C=O) groups excluding carboxylic acids is 1. The molecule has 8 heteroatoms. The molecule has 0 aliphatic heterocycles. The molecular formula is C17H18F3N3O2. The van der Waals surface area contributed by atoms with Crippen molar-refractivity contribution in [3.63, 3.8) is 0 Å². The van der Waals surface area contributed by atoms with Gasteiger partial charge in [-0.25, -0.2) is 9.97 Å². The third-order valence-electron chi connectivity index (χ3n) is 3.57. The minimum absolute atomic E-state index is 0.0580. The van der Waals surface area contributed by atoms with Crippen molar-refractivity contribution in [3.8, 4) is 11.4 Å². The molecular weight excluding hydrogens is 335 g/mol. The zero-order valence-electron chi connectivity index (χ0n) is 14.1. The standard InChI is InChI=1S/C17H18F3N3O2/c1-4-25-14(24)9-21-15-10(2)11(3)22-16(23-15)12-5-7-13(8-6-12)17(18,19)20/h5-8H,4,9H2,1-3H3,(H,21,22,23). The molecule has 134 valence electrons. The summed E-state index contributed by atoms with van der Waals surface area (Å²) in [4.78, 5) is 20.1. The van der Waals surface area contributed by atoms with Crippen molar-refractivity contribution in [2.45, 2.75) is 26.9 Å². The van der Waals surface area contributed by atoms with E-state index in [2.05, 4.69) is 15.3 Å². The van der Waals surface area contributed by atoms with Crippen molar-refractivity contribution in [1.82, 2.24) is 9.97 Å². The Hall–Kier alpha value is -2.64. The van der Waals surface area contributed by atoms with Gasteiger partial charge in [0.25, 0.3) is 0 Å². The zero-order valence-corrected chi connectivity index (χ0v) is 14.1. The SMILES string of the molecule is CCOC(=O)CNc1nc(-c2ccc(C(F)(F)F)cc2)nc(C)c1C. The van der Waals surface area contributed by atoms with Crippen LogP contribution in [0.1, 0.15) is 23.7 Å². The summed E-state index contributed by atoms with van der Waals surface area (Å²) in [6.07, 6.45) is -4.39. The highest BCUT2D eigenvalue weighted by Crippen LogP contribution is 2.30. The Kier molecular flexibility index (Phi) is 5.61. The van der Waals surface area contributed by atoms with E-state index in [9.17, 15) is 18.0 Å². The normalized spacial score (nSPS) is 11.3. The Labute approximate surface area is 143 Å². The number of hydrogen-bond donors (Lipinski definition) is 1. The van der Waals surface area contributed by atoms with Crippen LogP contribution in [0.3, 0.4) is 0 Å². The third kappa shape index (κ3) is 4.68. The van der Waals surface area contributed by atoms with Gasteiger partial charge in [-0.2, -0.15) is 13.2 Å². The lowest BCUT2D eigenvalue weighted by Crippen LogP contribution is -2.18. The molecule has 1 heterocycles. The highest BCUT2D eigenvalue weighted by molar-refractivity contribution is 5.75. The van der Waals surface area contributed by atoms with Crippen molar-refractivity contribution in [3.05, 3.63) is 41.1 Å². The van der Waals surface area contributed by atoms with Crippen molar-refractivity contribution >= 4 is 11.8 Å². The van der Waals surface area contributed by atoms with Crippen molar-refractivity contribution < 1.29 is 22.7 Å². The number of ether oxygens (including phenoxy) is 1. The Morgan fingerprint density at radius 1 is 1.16 bits per heavy atom. The number of aryl methyl sites for hydroxylation is 1. The lowest BCUT2D eigenvalue weighted by Gasteiger charge is -2.12. The number of alkyl halides is 3. The van der Waals surface area contributed by atoms with E-state index in [1.54, 1.807) is 20.8 Å². The summed E-state index contributed by atoms with van der Waals surface area (Å²) in [5, 5.41) is 2.88. The van der Waals surface area contributed by atoms with Crippen LogP contribution in [0.5, 0.6) is 0 Å². The fraction of sp³-hybridized carbons (Fsp3) is 0.353. The lowest BCUT2D eigenvalue weighted by atomic mass is 10.1. The predicted octanol–water partition coefficient (Wildman–Crippen LogP) is 3.75. The van der Waals surface area contributed by atoms with Crippen LogP contribution in [0.15, 0.2) is 24.3 Å². The van der Waals surface area contributed by atoms with Gasteiger partial charge in [-0.15, -0.1) is 0 Å². The molecule has 0 saturated carbocycles. The third-order valence-corrected chi connectivity index (χ3v) is 3.57. The van der Waals surface area contributed by atoms with Gasteiger partial charge >= 0.3 is 12.1 Å². The molecule has 0 spiro atoms. The maximum atomic E-state index is 12.7. The Morgan fingerprint density at radius 3 is 2.36 bits per heavy atom. The number of rotatable bonds is 5. The first-order valence-corrected chi connectivity index (χ1v) is 7.64. The van der Waals surface area contributed by atoms with E-state index in [1.807, 2.05) is 0 Å². The second kappa shape index (κ2) is 7.50. The molecule has 0 bridgehead atoms. The topological polar surface area (TPSA) is 64.1 Å². The molecule has 0 atom stereocenters. The predicted molar refractivity (Wildman–Crippen MR) is 87.1 cm³/mol. The minimum atomic E-state index is -4.39. The molecule has 1 aromatic carbocycles. The number of hydrogen-bond acceptors (Lipinski definition) is 5. The number of esters is 1. The summed E-state index contributed by atoms with van der Waals surface area (Å²) in [5.41, 5.74) is 1.13. The van der Waals surface area contributed by atoms with Gasteiger partial charge in [-0.3, -0.25) is 4.79 Å². The number of nitrogens with one attached hydrogen (secondary N) is 1. The van der Waals surface area contributed by atoms with E-state index < -0.39 is 17.7 Å². The molecule has 0 unspecified atom stereocenters. The van der Waals surface area contributed by atoms with E-state index in [-0.39, 0.29) is 19.0 Å². The van der Waals surface area contributed by atoms with Crippen LogP contribution in [-0.2, 0) is 15.7 Å². The Bertz CT molecular complexity index is 759. The smallest absolute Gasteiger partial charge is 0.416 e. The second-order valence-electron chi connectivity index (χ2n) is 5.34. The molecule has 0 radical (unpaired) electrons. The zero-order chi connectivity index (χ0) is 18.6. The average molecular weight is 353 g/mol. The first kappa shape index (κ1) is 18.7. The number of nitrogens with zero attached hydrogens (tertiary/aromatic N) is 2. The number of carbonyl (C=O) groups is 1. The number of aromatic nitrogens is 2.